The lowest BCUT2D eigenvalue weighted by molar-refractivity contribution is 0.317. The van der Waals surface area contributed by atoms with E-state index >= 15 is 0 Å². The molecule has 24 heavy (non-hydrogen) atoms. The van der Waals surface area contributed by atoms with Crippen molar-refractivity contribution in [2.24, 2.45) is 0 Å². The maximum absolute atomic E-state index is 14.5. The molecule has 1 aromatic carbocycles. The normalized spacial score (nSPS) is 18.3. The fourth-order valence-electron chi connectivity index (χ4n) is 3.85. The van der Waals surface area contributed by atoms with Gasteiger partial charge in [0, 0.05) is 22.9 Å². The van der Waals surface area contributed by atoms with Crippen LogP contribution >= 0.6 is 11.6 Å². The highest BCUT2D eigenvalue weighted by Crippen LogP contribution is 2.52. The summed E-state index contributed by atoms with van der Waals surface area (Å²) in [6.45, 7) is 10.6. The number of fused-ring (bicyclic) bond motifs is 1. The fraction of sp³-hybridized carbons (Fsp3) is 0.450. The lowest BCUT2D eigenvalue weighted by Crippen LogP contribution is -2.34. The molecule has 0 atom stereocenters. The van der Waals surface area contributed by atoms with Crippen molar-refractivity contribution in [3.63, 3.8) is 0 Å². The third-order valence-electron chi connectivity index (χ3n) is 5.40. The van der Waals surface area contributed by atoms with Crippen LogP contribution in [0.2, 0.25) is 5.15 Å². The highest BCUT2D eigenvalue weighted by Gasteiger charge is 2.40. The average Bonchev–Trinajstić information content (AvgIpc) is 2.47. The summed E-state index contributed by atoms with van der Waals surface area (Å²) in [5, 5.41) is 10.9. The maximum Gasteiger partial charge on any atom is 0.168 e. The van der Waals surface area contributed by atoms with Crippen LogP contribution in [0.1, 0.15) is 57.2 Å². The third kappa shape index (κ3) is 2.50. The van der Waals surface area contributed by atoms with Gasteiger partial charge in [0.2, 0.25) is 0 Å². The molecule has 1 aliphatic rings. The van der Waals surface area contributed by atoms with Crippen LogP contribution in [0.4, 0.5) is 4.39 Å². The van der Waals surface area contributed by atoms with Crippen molar-refractivity contribution < 1.29 is 9.50 Å². The Bertz CT molecular complexity index is 827. The van der Waals surface area contributed by atoms with Crippen LogP contribution in [-0.4, -0.2) is 10.1 Å². The minimum absolute atomic E-state index is 0.0138. The van der Waals surface area contributed by atoms with E-state index in [4.69, 9.17) is 11.6 Å². The number of aromatic hydroxyl groups is 1. The van der Waals surface area contributed by atoms with Crippen molar-refractivity contribution in [1.82, 2.24) is 4.98 Å². The van der Waals surface area contributed by atoms with Crippen molar-refractivity contribution in [2.45, 2.75) is 58.3 Å². The molecule has 2 aromatic rings. The molecule has 1 aromatic heterocycles. The second-order valence-electron chi connectivity index (χ2n) is 8.07. The van der Waals surface area contributed by atoms with Gasteiger partial charge in [0.15, 0.2) is 11.0 Å². The molecule has 0 radical (unpaired) electrons. The van der Waals surface area contributed by atoms with Gasteiger partial charge in [-0.1, -0.05) is 45.4 Å². The van der Waals surface area contributed by atoms with Gasteiger partial charge in [0.25, 0.3) is 0 Å². The number of rotatable bonds is 1. The van der Waals surface area contributed by atoms with Gasteiger partial charge in [-0.15, -0.1) is 0 Å². The zero-order valence-corrected chi connectivity index (χ0v) is 15.6. The van der Waals surface area contributed by atoms with Crippen molar-refractivity contribution >= 4 is 11.6 Å². The van der Waals surface area contributed by atoms with E-state index in [1.807, 2.05) is 6.92 Å². The molecule has 0 spiro atoms. The first kappa shape index (κ1) is 17.2. The van der Waals surface area contributed by atoms with Gasteiger partial charge in [-0.25, -0.2) is 9.37 Å². The Labute approximate surface area is 147 Å². The van der Waals surface area contributed by atoms with Crippen molar-refractivity contribution in [2.75, 3.05) is 0 Å². The highest BCUT2D eigenvalue weighted by molar-refractivity contribution is 6.29. The number of aromatic nitrogens is 1. The summed E-state index contributed by atoms with van der Waals surface area (Å²) < 4.78 is 14.5. The molecule has 0 saturated heterocycles. The Kier molecular flexibility index (Phi) is 3.91. The summed E-state index contributed by atoms with van der Waals surface area (Å²) in [5.41, 5.74) is 3.56. The van der Waals surface area contributed by atoms with Crippen molar-refractivity contribution in [3.05, 3.63) is 46.0 Å². The number of aryl methyl sites for hydroxylation is 1. The summed E-state index contributed by atoms with van der Waals surface area (Å²) >= 11 is 5.85. The van der Waals surface area contributed by atoms with E-state index in [0.29, 0.717) is 11.1 Å². The second-order valence-corrected chi connectivity index (χ2v) is 8.43. The monoisotopic (exact) mass is 347 g/mol. The molecule has 0 saturated carbocycles. The molecule has 0 unspecified atom stereocenters. The van der Waals surface area contributed by atoms with Crippen LogP contribution in [0.3, 0.4) is 0 Å². The molecule has 0 amide bonds. The molecule has 0 aliphatic heterocycles. The van der Waals surface area contributed by atoms with Crippen LogP contribution in [0.15, 0.2) is 18.3 Å². The van der Waals surface area contributed by atoms with E-state index in [1.165, 1.54) is 6.20 Å². The third-order valence-corrected chi connectivity index (χ3v) is 5.66. The predicted molar refractivity (Wildman–Crippen MR) is 96.3 cm³/mol. The molecular formula is C20H23ClFNO. The SMILES string of the molecule is Cc1cc2c(c(O)c1-c1ccnc(Cl)c1F)C(C)(C)CCC2(C)C. The number of phenols is 1. The first-order valence-electron chi connectivity index (χ1n) is 8.24. The molecule has 4 heteroatoms. The largest absolute Gasteiger partial charge is 0.507 e. The molecule has 0 fully saturated rings. The molecule has 1 N–H and O–H groups in total. The van der Waals surface area contributed by atoms with Gasteiger partial charge in [-0.2, -0.15) is 0 Å². The summed E-state index contributed by atoms with van der Waals surface area (Å²) in [7, 11) is 0. The predicted octanol–water partition coefficient (Wildman–Crippen LogP) is 5.90. The van der Waals surface area contributed by atoms with Crippen LogP contribution in [0, 0.1) is 12.7 Å². The highest BCUT2D eigenvalue weighted by atomic mass is 35.5. The first-order chi connectivity index (χ1) is 11.1. The Morgan fingerprint density at radius 2 is 1.79 bits per heavy atom. The number of nitrogens with zero attached hydrogens (tertiary/aromatic N) is 1. The summed E-state index contributed by atoms with van der Waals surface area (Å²) in [5.74, 6) is -0.422. The minimum atomic E-state index is -0.592. The summed E-state index contributed by atoms with van der Waals surface area (Å²) in [4.78, 5) is 3.77. The number of phenolic OH excluding ortho intramolecular Hbond substituents is 1. The van der Waals surface area contributed by atoms with E-state index in [1.54, 1.807) is 6.07 Å². The van der Waals surface area contributed by atoms with Crippen LogP contribution in [0.25, 0.3) is 11.1 Å². The quantitative estimate of drug-likeness (QED) is 0.651. The molecule has 2 nitrogen and oxygen atoms in total. The second kappa shape index (κ2) is 5.45. The zero-order valence-electron chi connectivity index (χ0n) is 14.8. The Hall–Kier alpha value is -1.61. The minimum Gasteiger partial charge on any atom is -0.507 e. The lowest BCUT2D eigenvalue weighted by Gasteiger charge is -2.43. The number of hydrogen-bond acceptors (Lipinski definition) is 2. The number of hydrogen-bond donors (Lipinski definition) is 1. The first-order valence-corrected chi connectivity index (χ1v) is 8.62. The van der Waals surface area contributed by atoms with Crippen LogP contribution in [-0.2, 0) is 10.8 Å². The number of halogens is 2. The topological polar surface area (TPSA) is 33.1 Å². The standard InChI is InChI=1S/C20H23ClFNO/c1-11-10-13-15(20(4,5)8-7-19(13,2)3)17(24)14(11)12-6-9-23-18(21)16(12)22/h6,9-10,24H,7-8H2,1-5H3. The van der Waals surface area contributed by atoms with Crippen LogP contribution < -0.4 is 0 Å². The van der Waals surface area contributed by atoms with Crippen molar-refractivity contribution in [1.29, 1.82) is 0 Å². The number of pyridine rings is 1. The van der Waals surface area contributed by atoms with Gasteiger partial charge in [-0.3, -0.25) is 0 Å². The van der Waals surface area contributed by atoms with E-state index in [9.17, 15) is 9.50 Å². The Morgan fingerprint density at radius 1 is 1.17 bits per heavy atom. The van der Waals surface area contributed by atoms with Crippen molar-refractivity contribution in [3.8, 4) is 16.9 Å². The fourth-order valence-corrected chi connectivity index (χ4v) is 4.01. The summed E-state index contributed by atoms with van der Waals surface area (Å²) in [6, 6.07) is 3.66. The van der Waals surface area contributed by atoms with Crippen LogP contribution in [0.5, 0.6) is 5.75 Å². The van der Waals surface area contributed by atoms with E-state index in [2.05, 4.69) is 38.7 Å². The van der Waals surface area contributed by atoms with E-state index < -0.39 is 5.82 Å². The molecule has 1 heterocycles. The maximum atomic E-state index is 14.5. The molecule has 128 valence electrons. The number of benzene rings is 1. The van der Waals surface area contributed by atoms with Gasteiger partial charge in [-0.05, 0) is 47.8 Å². The Morgan fingerprint density at radius 3 is 2.46 bits per heavy atom. The lowest BCUT2D eigenvalue weighted by atomic mass is 9.62. The van der Waals surface area contributed by atoms with Gasteiger partial charge in [0.05, 0.1) is 0 Å². The van der Waals surface area contributed by atoms with Gasteiger partial charge >= 0.3 is 0 Å². The van der Waals surface area contributed by atoms with E-state index in [-0.39, 0.29) is 21.7 Å². The smallest absolute Gasteiger partial charge is 0.168 e. The van der Waals surface area contributed by atoms with Gasteiger partial charge in [0.1, 0.15) is 5.75 Å². The molecule has 0 bridgehead atoms. The molecular weight excluding hydrogens is 325 g/mol. The van der Waals surface area contributed by atoms with Gasteiger partial charge < -0.3 is 5.11 Å². The average molecular weight is 348 g/mol. The molecule has 3 rings (SSSR count). The molecule has 1 aliphatic carbocycles. The zero-order chi connectivity index (χ0) is 17.9. The van der Waals surface area contributed by atoms with E-state index in [0.717, 1.165) is 29.5 Å². The Balaban J connectivity index is 2.38. The summed E-state index contributed by atoms with van der Waals surface area (Å²) in [6.07, 6.45) is 3.50.